The number of nitrogens with one attached hydrogen (secondary N) is 1. The lowest BCUT2D eigenvalue weighted by Crippen LogP contribution is -2.46. The fourth-order valence-electron chi connectivity index (χ4n) is 4.33. The number of benzene rings is 1. The summed E-state index contributed by atoms with van der Waals surface area (Å²) >= 11 is 0. The van der Waals surface area contributed by atoms with Crippen LogP contribution in [-0.4, -0.2) is 29.4 Å². The molecule has 1 amide bonds. The van der Waals surface area contributed by atoms with Crippen molar-refractivity contribution >= 4 is 11.6 Å². The lowest BCUT2D eigenvalue weighted by molar-refractivity contribution is -0.133. The van der Waals surface area contributed by atoms with Crippen LogP contribution < -0.4 is 5.32 Å². The Balaban J connectivity index is 1.49. The van der Waals surface area contributed by atoms with Crippen LogP contribution in [0.1, 0.15) is 37.7 Å². The van der Waals surface area contributed by atoms with Gasteiger partial charge in [-0.1, -0.05) is 31.0 Å². The second kappa shape index (κ2) is 4.80. The molecule has 1 saturated heterocycles. The quantitative estimate of drug-likeness (QED) is 0.851. The van der Waals surface area contributed by atoms with E-state index in [9.17, 15) is 4.79 Å². The highest BCUT2D eigenvalue weighted by Crippen LogP contribution is 2.37. The molecule has 106 valence electrons. The summed E-state index contributed by atoms with van der Waals surface area (Å²) in [6.45, 7) is 0.975. The maximum absolute atomic E-state index is 12.8. The van der Waals surface area contributed by atoms with E-state index in [4.69, 9.17) is 0 Å². The number of para-hydroxylation sites is 1. The Morgan fingerprint density at radius 1 is 1.15 bits per heavy atom. The first-order chi connectivity index (χ1) is 9.83. The van der Waals surface area contributed by atoms with Crippen molar-refractivity contribution in [2.75, 3.05) is 11.9 Å². The second-order valence-electron chi connectivity index (χ2n) is 6.49. The van der Waals surface area contributed by atoms with E-state index >= 15 is 0 Å². The van der Waals surface area contributed by atoms with Gasteiger partial charge >= 0.3 is 0 Å². The minimum atomic E-state index is -0.0342. The van der Waals surface area contributed by atoms with Crippen molar-refractivity contribution in [1.29, 1.82) is 0 Å². The fourth-order valence-corrected chi connectivity index (χ4v) is 4.33. The van der Waals surface area contributed by atoms with Crippen LogP contribution in [0.4, 0.5) is 5.69 Å². The molecule has 1 aromatic carbocycles. The third kappa shape index (κ3) is 1.91. The number of carbonyl (C=O) groups excluding carboxylic acids is 1. The van der Waals surface area contributed by atoms with Crippen LogP contribution in [-0.2, 0) is 11.2 Å². The van der Waals surface area contributed by atoms with Crippen molar-refractivity contribution in [3.8, 4) is 0 Å². The Labute approximate surface area is 120 Å². The van der Waals surface area contributed by atoms with Gasteiger partial charge in [-0.15, -0.1) is 0 Å². The fraction of sp³-hybridized carbons (Fsp3) is 0.588. The Morgan fingerprint density at radius 2 is 2.00 bits per heavy atom. The van der Waals surface area contributed by atoms with E-state index < -0.39 is 0 Å². The largest absolute Gasteiger partial charge is 0.373 e. The molecular formula is C17H22N2O. The maximum Gasteiger partial charge on any atom is 0.245 e. The third-order valence-electron chi connectivity index (χ3n) is 5.36. The highest BCUT2D eigenvalue weighted by molar-refractivity contribution is 5.88. The van der Waals surface area contributed by atoms with E-state index in [1.165, 1.54) is 37.7 Å². The highest BCUT2D eigenvalue weighted by atomic mass is 16.2. The first kappa shape index (κ1) is 12.2. The number of hydrogen-bond acceptors (Lipinski definition) is 2. The molecule has 3 aliphatic rings. The predicted octanol–water partition coefficient (Wildman–Crippen LogP) is 2.81. The summed E-state index contributed by atoms with van der Waals surface area (Å²) in [6, 6.07) is 8.79. The minimum Gasteiger partial charge on any atom is -0.373 e. The second-order valence-corrected chi connectivity index (χ2v) is 6.49. The van der Waals surface area contributed by atoms with Crippen molar-refractivity contribution in [1.82, 2.24) is 4.90 Å². The van der Waals surface area contributed by atoms with Crippen molar-refractivity contribution in [2.24, 2.45) is 5.92 Å². The third-order valence-corrected chi connectivity index (χ3v) is 5.36. The van der Waals surface area contributed by atoms with Crippen molar-refractivity contribution in [3.63, 3.8) is 0 Å². The van der Waals surface area contributed by atoms with Gasteiger partial charge in [-0.05, 0) is 36.8 Å². The smallest absolute Gasteiger partial charge is 0.245 e. The van der Waals surface area contributed by atoms with Gasteiger partial charge in [0.05, 0.1) is 0 Å². The van der Waals surface area contributed by atoms with Crippen LogP contribution in [0, 0.1) is 5.92 Å². The Morgan fingerprint density at radius 3 is 2.90 bits per heavy atom. The summed E-state index contributed by atoms with van der Waals surface area (Å²) in [5.41, 5.74) is 2.43. The number of amides is 1. The SMILES string of the molecule is O=C(C1Cc2ccccc2N1)N1CCC2CCCCC21. The van der Waals surface area contributed by atoms with E-state index in [1.54, 1.807) is 0 Å². The molecule has 2 heterocycles. The molecule has 3 atom stereocenters. The number of fused-ring (bicyclic) bond motifs is 2. The Hall–Kier alpha value is -1.51. The van der Waals surface area contributed by atoms with Gasteiger partial charge < -0.3 is 10.2 Å². The van der Waals surface area contributed by atoms with Crippen LogP contribution in [0.15, 0.2) is 24.3 Å². The first-order valence-electron chi connectivity index (χ1n) is 7.98. The van der Waals surface area contributed by atoms with Gasteiger partial charge in [0.15, 0.2) is 0 Å². The number of nitrogens with zero attached hydrogens (tertiary/aromatic N) is 1. The van der Waals surface area contributed by atoms with Gasteiger partial charge in [-0.3, -0.25) is 4.79 Å². The lowest BCUT2D eigenvalue weighted by atomic mass is 9.85. The zero-order chi connectivity index (χ0) is 13.5. The molecule has 1 aliphatic carbocycles. The summed E-state index contributed by atoms with van der Waals surface area (Å²) < 4.78 is 0. The van der Waals surface area contributed by atoms with Crippen LogP contribution >= 0.6 is 0 Å². The van der Waals surface area contributed by atoms with Crippen LogP contribution in [0.3, 0.4) is 0 Å². The van der Waals surface area contributed by atoms with E-state index in [0.29, 0.717) is 11.9 Å². The Kier molecular flexibility index (Phi) is 2.94. The summed E-state index contributed by atoms with van der Waals surface area (Å²) in [5, 5.41) is 3.42. The molecule has 1 N–H and O–H groups in total. The Bertz CT molecular complexity index is 502. The molecule has 4 rings (SSSR count). The number of hydrogen-bond donors (Lipinski definition) is 1. The van der Waals surface area contributed by atoms with Gasteiger partial charge in [-0.25, -0.2) is 0 Å². The van der Waals surface area contributed by atoms with Gasteiger partial charge in [-0.2, -0.15) is 0 Å². The van der Waals surface area contributed by atoms with Gasteiger partial charge in [0.25, 0.3) is 0 Å². The summed E-state index contributed by atoms with van der Waals surface area (Å²) in [7, 11) is 0. The summed E-state index contributed by atoms with van der Waals surface area (Å²) in [4.78, 5) is 15.0. The lowest BCUT2D eigenvalue weighted by Gasteiger charge is -2.33. The normalized spacial score (nSPS) is 31.6. The van der Waals surface area contributed by atoms with Crippen molar-refractivity contribution in [3.05, 3.63) is 29.8 Å². The molecule has 2 aliphatic heterocycles. The van der Waals surface area contributed by atoms with Crippen LogP contribution in [0.25, 0.3) is 0 Å². The van der Waals surface area contributed by atoms with Crippen LogP contribution in [0.5, 0.6) is 0 Å². The predicted molar refractivity (Wildman–Crippen MR) is 79.6 cm³/mol. The topological polar surface area (TPSA) is 32.3 Å². The van der Waals surface area contributed by atoms with Crippen molar-refractivity contribution in [2.45, 2.75) is 50.6 Å². The first-order valence-corrected chi connectivity index (χ1v) is 7.98. The summed E-state index contributed by atoms with van der Waals surface area (Å²) in [5.74, 6) is 1.10. The van der Waals surface area contributed by atoms with E-state index in [2.05, 4.69) is 28.4 Å². The molecule has 0 bridgehead atoms. The highest BCUT2D eigenvalue weighted by Gasteiger charge is 2.41. The molecule has 3 nitrogen and oxygen atoms in total. The number of carbonyl (C=O) groups is 1. The average Bonchev–Trinajstić information content (AvgIpc) is 3.10. The molecule has 20 heavy (non-hydrogen) atoms. The van der Waals surface area contributed by atoms with Crippen LogP contribution in [0.2, 0.25) is 0 Å². The molecule has 3 heteroatoms. The zero-order valence-corrected chi connectivity index (χ0v) is 11.8. The monoisotopic (exact) mass is 270 g/mol. The zero-order valence-electron chi connectivity index (χ0n) is 11.8. The molecule has 0 spiro atoms. The van der Waals surface area contributed by atoms with Crippen molar-refractivity contribution < 1.29 is 4.79 Å². The molecule has 3 unspecified atom stereocenters. The van der Waals surface area contributed by atoms with Gasteiger partial charge in [0.1, 0.15) is 6.04 Å². The molecule has 0 radical (unpaired) electrons. The van der Waals surface area contributed by atoms with E-state index in [-0.39, 0.29) is 6.04 Å². The number of rotatable bonds is 1. The van der Waals surface area contributed by atoms with Gasteiger partial charge in [0.2, 0.25) is 5.91 Å². The molecule has 1 saturated carbocycles. The number of anilines is 1. The molecular weight excluding hydrogens is 248 g/mol. The average molecular weight is 270 g/mol. The molecule has 2 fully saturated rings. The molecule has 0 aromatic heterocycles. The van der Waals surface area contributed by atoms with Gasteiger partial charge in [0, 0.05) is 24.7 Å². The standard InChI is InChI=1S/C17H22N2O/c20-17(15-11-13-6-1-3-7-14(13)18-15)19-10-9-12-5-2-4-8-16(12)19/h1,3,6-7,12,15-16,18H,2,4-5,8-11H2. The van der Waals surface area contributed by atoms with E-state index in [1.807, 2.05) is 6.07 Å². The minimum absolute atomic E-state index is 0.0342. The maximum atomic E-state index is 12.8. The van der Waals surface area contributed by atoms with E-state index in [0.717, 1.165) is 24.6 Å². The number of likely N-dealkylation sites (tertiary alicyclic amines) is 1. The summed E-state index contributed by atoms with van der Waals surface area (Å²) in [6.07, 6.45) is 7.27. The molecule has 1 aromatic rings.